The zero-order valence-corrected chi connectivity index (χ0v) is 22.4. The molecule has 0 aromatic carbocycles. The smallest absolute Gasteiger partial charge is 0.303 e. The molecule has 4 aliphatic rings. The van der Waals surface area contributed by atoms with Crippen LogP contribution < -0.4 is 0 Å². The Kier molecular flexibility index (Phi) is 6.90. The third-order valence-corrected chi connectivity index (χ3v) is 11.8. The number of hydrogen-bond acceptors (Lipinski definition) is 3. The lowest BCUT2D eigenvalue weighted by molar-refractivity contribution is -0.165. The van der Waals surface area contributed by atoms with Gasteiger partial charge in [0.15, 0.2) is 5.78 Å². The van der Waals surface area contributed by atoms with E-state index in [9.17, 15) is 19.8 Å². The van der Waals surface area contributed by atoms with Gasteiger partial charge >= 0.3 is 5.97 Å². The molecule has 10 atom stereocenters. The predicted octanol–water partition coefficient (Wildman–Crippen LogP) is 6.66. The van der Waals surface area contributed by atoms with Gasteiger partial charge in [0.1, 0.15) is 0 Å². The first-order chi connectivity index (χ1) is 16.0. The van der Waals surface area contributed by atoms with E-state index in [-0.39, 0.29) is 23.2 Å². The van der Waals surface area contributed by atoms with Gasteiger partial charge in [0.05, 0.1) is 5.60 Å². The van der Waals surface area contributed by atoms with Crippen LogP contribution in [0.3, 0.4) is 0 Å². The van der Waals surface area contributed by atoms with Crippen LogP contribution in [-0.4, -0.2) is 27.6 Å². The molecule has 4 aliphatic carbocycles. The molecule has 0 radical (unpaired) electrons. The molecule has 192 valence electrons. The maximum Gasteiger partial charge on any atom is 0.303 e. The van der Waals surface area contributed by atoms with Crippen molar-refractivity contribution in [2.24, 2.45) is 52.3 Å². The summed E-state index contributed by atoms with van der Waals surface area (Å²) >= 11 is 0. The molecule has 2 N–H and O–H groups in total. The first kappa shape index (κ1) is 25.9. The number of hydrogen-bond donors (Lipinski definition) is 2. The standard InChI is InChI=1S/C30H48O4/c1-7-19-20(8-2)26-23(28(5)14-11-18(31)17-24(19)28)12-15-29(6)27(26)21(9-3)22(10-4)30(29,34)16-13-25(32)33/h17,19-23,26-27,34H,7-16H2,1-6H3,(H,32,33)/t19?,20?,21?,22?,23-,26+,27-,28+,29-,30+/m0/s1. The minimum absolute atomic E-state index is 0.0430. The lowest BCUT2D eigenvalue weighted by Gasteiger charge is -2.64. The Morgan fingerprint density at radius 1 is 1.03 bits per heavy atom. The van der Waals surface area contributed by atoms with Crippen LogP contribution in [0.5, 0.6) is 0 Å². The SMILES string of the molecule is CCC1C2=CC(=O)CC[C@]2(C)[C@H]2CC[C@@]3(C)[C@@H](C(CC)C(CC)[C@]3(O)CCC(=O)O)[C@@H]2C1CC. The fourth-order valence-electron chi connectivity index (χ4n) is 10.5. The van der Waals surface area contributed by atoms with Crippen molar-refractivity contribution >= 4 is 11.8 Å². The van der Waals surface area contributed by atoms with E-state index >= 15 is 0 Å². The van der Waals surface area contributed by atoms with Crippen molar-refractivity contribution in [3.8, 4) is 0 Å². The van der Waals surface area contributed by atoms with E-state index in [0.717, 1.165) is 44.9 Å². The van der Waals surface area contributed by atoms with Crippen LogP contribution in [0.15, 0.2) is 11.6 Å². The van der Waals surface area contributed by atoms with Crippen LogP contribution >= 0.6 is 0 Å². The summed E-state index contributed by atoms with van der Waals surface area (Å²) in [5.74, 6) is 2.53. The summed E-state index contributed by atoms with van der Waals surface area (Å²) in [4.78, 5) is 24.1. The van der Waals surface area contributed by atoms with Crippen LogP contribution in [0.4, 0.5) is 0 Å². The number of allylic oxidation sites excluding steroid dienone is 1. The second-order valence-corrected chi connectivity index (χ2v) is 12.6. The van der Waals surface area contributed by atoms with Gasteiger partial charge in [-0.3, -0.25) is 9.59 Å². The van der Waals surface area contributed by atoms with Crippen LogP contribution in [-0.2, 0) is 9.59 Å². The van der Waals surface area contributed by atoms with Crippen molar-refractivity contribution in [1.82, 2.24) is 0 Å². The normalized spacial score (nSPS) is 48.0. The third kappa shape index (κ3) is 3.40. The van der Waals surface area contributed by atoms with E-state index in [1.165, 1.54) is 5.57 Å². The fraction of sp³-hybridized carbons (Fsp3) is 0.867. The Bertz CT molecular complexity index is 847. The van der Waals surface area contributed by atoms with Crippen molar-refractivity contribution < 1.29 is 19.8 Å². The van der Waals surface area contributed by atoms with E-state index in [0.29, 0.717) is 54.1 Å². The molecule has 0 saturated heterocycles. The first-order valence-electron chi connectivity index (χ1n) is 14.2. The molecule has 4 nitrogen and oxygen atoms in total. The Morgan fingerprint density at radius 3 is 2.26 bits per heavy atom. The summed E-state index contributed by atoms with van der Waals surface area (Å²) in [6, 6.07) is 0. The Balaban J connectivity index is 1.86. The molecule has 0 heterocycles. The second-order valence-electron chi connectivity index (χ2n) is 12.6. The van der Waals surface area contributed by atoms with Crippen molar-refractivity contribution in [2.75, 3.05) is 0 Å². The van der Waals surface area contributed by atoms with Crippen molar-refractivity contribution in [3.63, 3.8) is 0 Å². The Morgan fingerprint density at radius 2 is 1.71 bits per heavy atom. The molecule has 0 bridgehead atoms. The molecule has 0 aromatic heterocycles. The number of aliphatic carboxylic acids is 1. The highest BCUT2D eigenvalue weighted by molar-refractivity contribution is 5.91. The van der Waals surface area contributed by atoms with E-state index < -0.39 is 11.6 Å². The predicted molar refractivity (Wildman–Crippen MR) is 135 cm³/mol. The van der Waals surface area contributed by atoms with Crippen LogP contribution in [0, 0.1) is 52.3 Å². The van der Waals surface area contributed by atoms with E-state index in [4.69, 9.17) is 0 Å². The number of carboxylic acid groups (broad SMARTS) is 1. The molecular formula is C30H48O4. The minimum Gasteiger partial charge on any atom is -0.481 e. The number of ketones is 1. The van der Waals surface area contributed by atoms with E-state index in [2.05, 4.69) is 41.5 Å². The van der Waals surface area contributed by atoms with Gasteiger partial charge in [0.2, 0.25) is 0 Å². The summed E-state index contributed by atoms with van der Waals surface area (Å²) in [7, 11) is 0. The highest BCUT2D eigenvalue weighted by atomic mass is 16.4. The van der Waals surface area contributed by atoms with E-state index in [1.807, 2.05) is 6.08 Å². The number of carbonyl (C=O) groups is 2. The fourth-order valence-corrected chi connectivity index (χ4v) is 10.5. The number of fused-ring (bicyclic) bond motifs is 5. The third-order valence-electron chi connectivity index (χ3n) is 11.8. The van der Waals surface area contributed by atoms with Crippen LogP contribution in [0.2, 0.25) is 0 Å². The van der Waals surface area contributed by atoms with Crippen LogP contribution in [0.1, 0.15) is 106 Å². The topological polar surface area (TPSA) is 74.6 Å². The second kappa shape index (κ2) is 9.05. The molecule has 4 unspecified atom stereocenters. The minimum atomic E-state index is -0.921. The van der Waals surface area contributed by atoms with Gasteiger partial charge in [0, 0.05) is 12.8 Å². The highest BCUT2D eigenvalue weighted by Crippen LogP contribution is 2.73. The maximum absolute atomic E-state index is 12.5. The van der Waals surface area contributed by atoms with Gasteiger partial charge in [-0.2, -0.15) is 0 Å². The molecule has 0 aromatic rings. The number of rotatable bonds is 7. The van der Waals surface area contributed by atoms with Gasteiger partial charge in [-0.15, -0.1) is 0 Å². The van der Waals surface area contributed by atoms with E-state index in [1.54, 1.807) is 0 Å². The lowest BCUT2D eigenvalue weighted by atomic mass is 9.41. The number of aliphatic hydroxyl groups is 1. The largest absolute Gasteiger partial charge is 0.481 e. The molecule has 0 spiro atoms. The van der Waals surface area contributed by atoms with Gasteiger partial charge in [-0.1, -0.05) is 66.4 Å². The first-order valence-corrected chi connectivity index (χ1v) is 14.2. The zero-order valence-electron chi connectivity index (χ0n) is 22.4. The summed E-state index contributed by atoms with van der Waals surface area (Å²) in [5.41, 5.74) is 0.338. The summed E-state index contributed by atoms with van der Waals surface area (Å²) in [5, 5.41) is 22.0. The molecule has 34 heavy (non-hydrogen) atoms. The van der Waals surface area contributed by atoms with Crippen molar-refractivity contribution in [2.45, 2.75) is 111 Å². The van der Waals surface area contributed by atoms with Gasteiger partial charge in [-0.05, 0) is 90.4 Å². The van der Waals surface area contributed by atoms with Gasteiger partial charge in [0.25, 0.3) is 0 Å². The lowest BCUT2D eigenvalue weighted by Crippen LogP contribution is -2.59. The molecule has 0 aliphatic heterocycles. The molecule has 4 heteroatoms. The van der Waals surface area contributed by atoms with Crippen molar-refractivity contribution in [1.29, 1.82) is 0 Å². The number of carboxylic acids is 1. The highest BCUT2D eigenvalue weighted by Gasteiger charge is 2.71. The average Bonchev–Trinajstić information content (AvgIpc) is 3.00. The zero-order chi connectivity index (χ0) is 25.1. The molecule has 3 fully saturated rings. The number of carbonyl (C=O) groups excluding carboxylic acids is 1. The molecule has 3 saturated carbocycles. The quantitative estimate of drug-likeness (QED) is 0.434. The summed E-state index contributed by atoms with van der Waals surface area (Å²) < 4.78 is 0. The van der Waals surface area contributed by atoms with Crippen LogP contribution in [0.25, 0.3) is 0 Å². The average molecular weight is 473 g/mol. The summed E-state index contributed by atoms with van der Waals surface area (Å²) in [6.45, 7) is 13.9. The Labute approximate surface area is 207 Å². The maximum atomic E-state index is 12.5. The van der Waals surface area contributed by atoms with Gasteiger partial charge < -0.3 is 10.2 Å². The van der Waals surface area contributed by atoms with Crippen molar-refractivity contribution in [3.05, 3.63) is 11.6 Å². The monoisotopic (exact) mass is 472 g/mol. The van der Waals surface area contributed by atoms with Gasteiger partial charge in [-0.25, -0.2) is 0 Å². The molecule has 4 rings (SSSR count). The molecule has 0 amide bonds. The Hall–Kier alpha value is -1.16. The summed E-state index contributed by atoms with van der Waals surface area (Å²) in [6.07, 6.45) is 10.2. The molecular weight excluding hydrogens is 424 g/mol.